The molecule has 0 aliphatic heterocycles. The van der Waals surface area contributed by atoms with Crippen LogP contribution in [0.1, 0.15) is 227 Å². The fraction of sp³-hybridized carbons (Fsp3) is 1.00. The monoisotopic (exact) mass is 535 g/mol. The first-order valence-corrected chi connectivity index (χ1v) is 18.6. The Kier molecular flexibility index (Phi) is 31.5. The molecule has 0 aromatic rings. The first-order valence-electron chi connectivity index (χ1n) is 18.6. The Bertz CT molecular complexity index is 412. The highest BCUT2D eigenvalue weighted by Gasteiger charge is 2.06. The lowest BCUT2D eigenvalue weighted by atomic mass is 9.92. The van der Waals surface area contributed by atoms with E-state index < -0.39 is 0 Å². The molecule has 3 atom stereocenters. The zero-order valence-electron chi connectivity index (χ0n) is 27.9. The molecule has 0 bridgehead atoms. The van der Waals surface area contributed by atoms with Crippen LogP contribution in [0, 0.1) is 17.8 Å². The summed E-state index contributed by atoms with van der Waals surface area (Å²) < 4.78 is 0. The summed E-state index contributed by atoms with van der Waals surface area (Å²) in [5, 5.41) is 0. The van der Waals surface area contributed by atoms with Gasteiger partial charge in [-0.3, -0.25) is 0 Å². The van der Waals surface area contributed by atoms with Crippen LogP contribution in [0.15, 0.2) is 0 Å². The van der Waals surface area contributed by atoms with E-state index in [0.717, 1.165) is 17.8 Å². The lowest BCUT2D eigenvalue weighted by Gasteiger charge is -2.14. The van der Waals surface area contributed by atoms with Gasteiger partial charge in [0.2, 0.25) is 0 Å². The van der Waals surface area contributed by atoms with Gasteiger partial charge in [0.25, 0.3) is 0 Å². The van der Waals surface area contributed by atoms with Gasteiger partial charge in [0, 0.05) is 0 Å². The summed E-state index contributed by atoms with van der Waals surface area (Å²) in [7, 11) is 0. The fourth-order valence-corrected chi connectivity index (χ4v) is 6.37. The number of rotatable bonds is 32. The largest absolute Gasteiger partial charge is 0.0654 e. The maximum atomic E-state index is 2.51. The van der Waals surface area contributed by atoms with Crippen molar-refractivity contribution in [2.45, 2.75) is 227 Å². The molecule has 0 nitrogen and oxygen atoms in total. The molecule has 0 aliphatic rings. The van der Waals surface area contributed by atoms with Crippen molar-refractivity contribution in [3.8, 4) is 0 Å². The molecular weight excluding hydrogens is 456 g/mol. The van der Waals surface area contributed by atoms with E-state index in [2.05, 4.69) is 34.6 Å². The molecule has 0 rings (SSSR count). The van der Waals surface area contributed by atoms with E-state index in [9.17, 15) is 0 Å². The summed E-state index contributed by atoms with van der Waals surface area (Å²) in [5.41, 5.74) is 0. The van der Waals surface area contributed by atoms with Gasteiger partial charge in [-0.05, 0) is 17.8 Å². The predicted octanol–water partition coefficient (Wildman–Crippen LogP) is 14.6. The van der Waals surface area contributed by atoms with Crippen molar-refractivity contribution in [3.05, 3.63) is 0 Å². The molecule has 0 aromatic carbocycles. The van der Waals surface area contributed by atoms with E-state index >= 15 is 0 Å². The molecule has 3 unspecified atom stereocenters. The van der Waals surface area contributed by atoms with Crippen molar-refractivity contribution in [1.82, 2.24) is 0 Å². The highest BCUT2D eigenvalue weighted by atomic mass is 14.1. The van der Waals surface area contributed by atoms with Gasteiger partial charge >= 0.3 is 0 Å². The molecule has 0 aliphatic carbocycles. The highest BCUT2D eigenvalue weighted by molar-refractivity contribution is 4.60. The Morgan fingerprint density at radius 2 is 0.421 bits per heavy atom. The molecule has 0 heteroatoms. The summed E-state index contributed by atoms with van der Waals surface area (Å²) in [6.07, 6.45) is 44.0. The van der Waals surface area contributed by atoms with Crippen molar-refractivity contribution in [1.29, 1.82) is 0 Å². The van der Waals surface area contributed by atoms with Gasteiger partial charge in [-0.25, -0.2) is 0 Å². The molecule has 0 amide bonds. The summed E-state index contributed by atoms with van der Waals surface area (Å²) in [4.78, 5) is 0. The summed E-state index contributed by atoms with van der Waals surface area (Å²) in [6, 6.07) is 0. The molecule has 0 saturated carbocycles. The third-order valence-corrected chi connectivity index (χ3v) is 9.39. The second kappa shape index (κ2) is 31.5. The van der Waals surface area contributed by atoms with Gasteiger partial charge in [-0.2, -0.15) is 0 Å². The zero-order chi connectivity index (χ0) is 27.9. The Hall–Kier alpha value is 0. The summed E-state index contributed by atoms with van der Waals surface area (Å²) in [6.45, 7) is 12.1. The topological polar surface area (TPSA) is 0 Å². The van der Waals surface area contributed by atoms with Crippen LogP contribution in [0.3, 0.4) is 0 Å². The Balaban J connectivity index is 3.32. The Morgan fingerprint density at radius 1 is 0.237 bits per heavy atom. The van der Waals surface area contributed by atoms with E-state index in [1.807, 2.05) is 0 Å². The number of unbranched alkanes of at least 4 members (excludes halogenated alkanes) is 20. The smallest absolute Gasteiger partial charge is 0.0443 e. The maximum Gasteiger partial charge on any atom is -0.0443 e. The molecule has 0 radical (unpaired) electrons. The van der Waals surface area contributed by atoms with Crippen LogP contribution in [-0.4, -0.2) is 0 Å². The minimum atomic E-state index is 0.952. The van der Waals surface area contributed by atoms with Gasteiger partial charge < -0.3 is 0 Å². The molecule has 0 fully saturated rings. The maximum absolute atomic E-state index is 2.51. The van der Waals surface area contributed by atoms with Crippen molar-refractivity contribution >= 4 is 0 Å². The van der Waals surface area contributed by atoms with Gasteiger partial charge in [-0.15, -0.1) is 0 Å². The average Bonchev–Trinajstić information content (AvgIpc) is 2.90. The normalized spacial score (nSPS) is 14.1. The second-order valence-corrected chi connectivity index (χ2v) is 13.8. The average molecular weight is 535 g/mol. The van der Waals surface area contributed by atoms with Gasteiger partial charge in [0.1, 0.15) is 0 Å². The number of hydrogen-bond donors (Lipinski definition) is 0. The van der Waals surface area contributed by atoms with Crippen LogP contribution in [0.4, 0.5) is 0 Å². The minimum absolute atomic E-state index is 0.952. The molecule has 0 heterocycles. The molecule has 0 spiro atoms. The van der Waals surface area contributed by atoms with Gasteiger partial charge in [0.15, 0.2) is 0 Å². The lowest BCUT2D eigenvalue weighted by molar-refractivity contribution is 0.390. The van der Waals surface area contributed by atoms with Crippen LogP contribution in [0.5, 0.6) is 0 Å². The van der Waals surface area contributed by atoms with Gasteiger partial charge in [0.05, 0.1) is 0 Å². The minimum Gasteiger partial charge on any atom is -0.0654 e. The van der Waals surface area contributed by atoms with E-state index in [1.54, 1.807) is 0 Å². The number of hydrogen-bond acceptors (Lipinski definition) is 0. The standard InChI is InChI=1S/C38H78/c1-6-8-10-12-14-15-16-18-22-26-30-36(3)31-27-23-19-17-20-24-28-33-38(5)35-29-34-37(4)32-25-21-13-11-9-7-2/h36-38H,6-35H2,1-5H3. The third kappa shape index (κ3) is 30.5. The van der Waals surface area contributed by atoms with E-state index in [-0.39, 0.29) is 0 Å². The van der Waals surface area contributed by atoms with E-state index in [1.165, 1.54) is 193 Å². The van der Waals surface area contributed by atoms with E-state index in [0.29, 0.717) is 0 Å². The molecule has 230 valence electrons. The molecule has 38 heavy (non-hydrogen) atoms. The third-order valence-electron chi connectivity index (χ3n) is 9.39. The van der Waals surface area contributed by atoms with E-state index in [4.69, 9.17) is 0 Å². The molecule has 0 saturated heterocycles. The highest BCUT2D eigenvalue weighted by Crippen LogP contribution is 2.22. The van der Waals surface area contributed by atoms with Crippen LogP contribution in [0.2, 0.25) is 0 Å². The van der Waals surface area contributed by atoms with Crippen LogP contribution in [0.25, 0.3) is 0 Å². The molecular formula is C38H78. The van der Waals surface area contributed by atoms with Crippen molar-refractivity contribution in [2.24, 2.45) is 17.8 Å². The first kappa shape index (κ1) is 38.0. The van der Waals surface area contributed by atoms with Gasteiger partial charge in [-0.1, -0.05) is 227 Å². The fourth-order valence-electron chi connectivity index (χ4n) is 6.37. The lowest BCUT2D eigenvalue weighted by Crippen LogP contribution is -1.99. The Labute approximate surface area is 244 Å². The first-order chi connectivity index (χ1) is 18.6. The van der Waals surface area contributed by atoms with Crippen LogP contribution < -0.4 is 0 Å². The zero-order valence-corrected chi connectivity index (χ0v) is 27.9. The predicted molar refractivity (Wildman–Crippen MR) is 177 cm³/mol. The van der Waals surface area contributed by atoms with Crippen LogP contribution in [-0.2, 0) is 0 Å². The van der Waals surface area contributed by atoms with Crippen molar-refractivity contribution in [3.63, 3.8) is 0 Å². The summed E-state index contributed by atoms with van der Waals surface area (Å²) in [5.74, 6) is 2.87. The Morgan fingerprint density at radius 3 is 0.658 bits per heavy atom. The quantitative estimate of drug-likeness (QED) is 0.0752. The molecule has 0 N–H and O–H groups in total. The van der Waals surface area contributed by atoms with Crippen molar-refractivity contribution in [2.75, 3.05) is 0 Å². The molecule has 0 aromatic heterocycles. The van der Waals surface area contributed by atoms with Crippen molar-refractivity contribution < 1.29 is 0 Å². The SMILES string of the molecule is CCCCCCCCCCCCC(C)CCCCCCCCCC(C)CCCC(C)CCCCCCCC. The summed E-state index contributed by atoms with van der Waals surface area (Å²) >= 11 is 0. The van der Waals surface area contributed by atoms with Crippen LogP contribution >= 0.6 is 0 Å². The second-order valence-electron chi connectivity index (χ2n) is 13.8.